The van der Waals surface area contributed by atoms with Gasteiger partial charge in [0.2, 0.25) is 0 Å². The molecular weight excluding hydrogens is 314 g/mol. The van der Waals surface area contributed by atoms with Gasteiger partial charge in [-0.1, -0.05) is 39.5 Å². The van der Waals surface area contributed by atoms with Gasteiger partial charge in [-0.05, 0) is 56.9 Å². The zero-order valence-electron chi connectivity index (χ0n) is 16.0. The Morgan fingerprint density at radius 3 is 2.32 bits per heavy atom. The number of benzene rings is 1. The Kier molecular flexibility index (Phi) is 7.76. The van der Waals surface area contributed by atoms with E-state index in [0.717, 1.165) is 50.0 Å². The summed E-state index contributed by atoms with van der Waals surface area (Å²) in [5.41, 5.74) is 0.128. The minimum absolute atomic E-state index is 0.00144. The van der Waals surface area contributed by atoms with Gasteiger partial charge in [-0.25, -0.2) is 0 Å². The highest BCUT2D eigenvalue weighted by Crippen LogP contribution is 2.32. The van der Waals surface area contributed by atoms with Gasteiger partial charge in [0.05, 0.1) is 6.10 Å². The quantitative estimate of drug-likeness (QED) is 0.647. The minimum atomic E-state index is -0.668. The fraction of sp³-hybridized carbons (Fsp3) is 0.667. The zero-order chi connectivity index (χ0) is 18.1. The fourth-order valence-corrected chi connectivity index (χ4v) is 3.21. The number of ether oxygens (including phenoxy) is 2. The highest BCUT2D eigenvalue weighted by molar-refractivity contribution is 5.97. The number of carbonyl (C=O) groups excluding carboxylic acids is 1. The number of hydrogen-bond acceptors (Lipinski definition) is 3. The SMILES string of the molecule is CCCOC1(C(=O)Nc2ccc(OC(C)CC)cc2)CCCCCC1. The van der Waals surface area contributed by atoms with Gasteiger partial charge < -0.3 is 14.8 Å². The molecule has 0 bridgehead atoms. The molecule has 1 aromatic carbocycles. The molecule has 1 amide bonds. The van der Waals surface area contributed by atoms with Crippen LogP contribution in [0.5, 0.6) is 5.75 Å². The van der Waals surface area contributed by atoms with E-state index in [4.69, 9.17) is 9.47 Å². The van der Waals surface area contributed by atoms with Gasteiger partial charge in [0, 0.05) is 12.3 Å². The molecule has 0 spiro atoms. The molecule has 0 heterocycles. The van der Waals surface area contributed by atoms with E-state index in [1.807, 2.05) is 24.3 Å². The predicted octanol–water partition coefficient (Wildman–Crippen LogP) is 5.32. The maximum Gasteiger partial charge on any atom is 0.256 e. The zero-order valence-corrected chi connectivity index (χ0v) is 16.0. The number of rotatable bonds is 8. The van der Waals surface area contributed by atoms with E-state index in [1.54, 1.807) is 0 Å². The van der Waals surface area contributed by atoms with Gasteiger partial charge in [-0.3, -0.25) is 4.79 Å². The van der Waals surface area contributed by atoms with Crippen molar-refractivity contribution < 1.29 is 14.3 Å². The summed E-state index contributed by atoms with van der Waals surface area (Å²) in [5, 5.41) is 3.06. The monoisotopic (exact) mass is 347 g/mol. The molecule has 2 rings (SSSR count). The highest BCUT2D eigenvalue weighted by atomic mass is 16.5. The average Bonchev–Trinajstić information content (AvgIpc) is 2.88. The lowest BCUT2D eigenvalue weighted by molar-refractivity contribution is -0.143. The summed E-state index contributed by atoms with van der Waals surface area (Å²) in [6.45, 7) is 6.87. The second-order valence-electron chi connectivity index (χ2n) is 7.07. The Balaban J connectivity index is 2.04. The number of amides is 1. The smallest absolute Gasteiger partial charge is 0.256 e. The molecule has 1 fully saturated rings. The highest BCUT2D eigenvalue weighted by Gasteiger charge is 2.39. The maximum absolute atomic E-state index is 13.0. The van der Waals surface area contributed by atoms with E-state index >= 15 is 0 Å². The summed E-state index contributed by atoms with van der Waals surface area (Å²) in [6, 6.07) is 7.63. The molecule has 0 aromatic heterocycles. The second-order valence-corrected chi connectivity index (χ2v) is 7.07. The lowest BCUT2D eigenvalue weighted by Crippen LogP contribution is -2.45. The molecule has 1 N–H and O–H groups in total. The molecule has 140 valence electrons. The normalized spacial score (nSPS) is 18.2. The Labute approximate surface area is 152 Å². The summed E-state index contributed by atoms with van der Waals surface area (Å²) in [7, 11) is 0. The van der Waals surface area contributed by atoms with Gasteiger partial charge in [0.1, 0.15) is 11.4 Å². The molecular formula is C21H33NO3. The Morgan fingerprint density at radius 1 is 1.12 bits per heavy atom. The van der Waals surface area contributed by atoms with E-state index in [1.165, 1.54) is 12.8 Å². The first-order valence-corrected chi connectivity index (χ1v) is 9.82. The van der Waals surface area contributed by atoms with Crippen molar-refractivity contribution in [3.63, 3.8) is 0 Å². The maximum atomic E-state index is 13.0. The van der Waals surface area contributed by atoms with Gasteiger partial charge in [0.25, 0.3) is 5.91 Å². The number of anilines is 1. The van der Waals surface area contributed by atoms with Crippen LogP contribution in [0.15, 0.2) is 24.3 Å². The van der Waals surface area contributed by atoms with Gasteiger partial charge in [-0.15, -0.1) is 0 Å². The molecule has 1 atom stereocenters. The number of hydrogen-bond donors (Lipinski definition) is 1. The topological polar surface area (TPSA) is 47.6 Å². The molecule has 0 radical (unpaired) electrons. The van der Waals surface area contributed by atoms with E-state index in [-0.39, 0.29) is 12.0 Å². The van der Waals surface area contributed by atoms with E-state index in [0.29, 0.717) is 6.61 Å². The van der Waals surface area contributed by atoms with E-state index < -0.39 is 5.60 Å². The van der Waals surface area contributed by atoms with Crippen molar-refractivity contribution in [2.75, 3.05) is 11.9 Å². The summed E-state index contributed by atoms with van der Waals surface area (Å²) < 4.78 is 11.9. The van der Waals surface area contributed by atoms with Crippen molar-refractivity contribution in [1.29, 1.82) is 0 Å². The predicted molar refractivity (Wildman–Crippen MR) is 102 cm³/mol. The van der Waals surface area contributed by atoms with Gasteiger partial charge in [0.15, 0.2) is 0 Å². The molecule has 1 aromatic rings. The summed E-state index contributed by atoms with van der Waals surface area (Å²) in [6.07, 6.45) is 8.20. The first-order valence-electron chi connectivity index (χ1n) is 9.82. The fourth-order valence-electron chi connectivity index (χ4n) is 3.21. The molecule has 25 heavy (non-hydrogen) atoms. The molecule has 1 aliphatic carbocycles. The minimum Gasteiger partial charge on any atom is -0.491 e. The molecule has 0 aliphatic heterocycles. The lowest BCUT2D eigenvalue weighted by atomic mass is 9.92. The molecule has 1 unspecified atom stereocenters. The van der Waals surface area contributed by atoms with Crippen molar-refractivity contribution in [1.82, 2.24) is 0 Å². The lowest BCUT2D eigenvalue weighted by Gasteiger charge is -2.31. The largest absolute Gasteiger partial charge is 0.491 e. The molecule has 0 saturated heterocycles. The van der Waals surface area contributed by atoms with Crippen molar-refractivity contribution >= 4 is 11.6 Å². The van der Waals surface area contributed by atoms with Crippen molar-refractivity contribution in [3.05, 3.63) is 24.3 Å². The molecule has 4 nitrogen and oxygen atoms in total. The van der Waals surface area contributed by atoms with Crippen LogP contribution in [-0.4, -0.2) is 24.2 Å². The van der Waals surface area contributed by atoms with Crippen LogP contribution in [0, 0.1) is 0 Å². The van der Waals surface area contributed by atoms with Crippen LogP contribution < -0.4 is 10.1 Å². The third kappa shape index (κ3) is 5.74. The molecule has 1 aliphatic rings. The summed E-state index contributed by atoms with van der Waals surface area (Å²) >= 11 is 0. The van der Waals surface area contributed by atoms with E-state index in [2.05, 4.69) is 26.1 Å². The number of nitrogens with one attached hydrogen (secondary N) is 1. The van der Waals surface area contributed by atoms with Crippen molar-refractivity contribution in [2.24, 2.45) is 0 Å². The van der Waals surface area contributed by atoms with E-state index in [9.17, 15) is 4.79 Å². The van der Waals surface area contributed by atoms with Crippen molar-refractivity contribution in [3.8, 4) is 5.75 Å². The Morgan fingerprint density at radius 2 is 1.76 bits per heavy atom. The summed E-state index contributed by atoms with van der Waals surface area (Å²) in [5.74, 6) is 0.831. The second kappa shape index (κ2) is 9.81. The Bertz CT molecular complexity index is 518. The summed E-state index contributed by atoms with van der Waals surface area (Å²) in [4.78, 5) is 13.0. The van der Waals surface area contributed by atoms with Crippen LogP contribution >= 0.6 is 0 Å². The average molecular weight is 347 g/mol. The van der Waals surface area contributed by atoms with Crippen molar-refractivity contribution in [2.45, 2.75) is 83.8 Å². The third-order valence-corrected chi connectivity index (χ3v) is 4.93. The Hall–Kier alpha value is -1.55. The first kappa shape index (κ1) is 19.8. The van der Waals surface area contributed by atoms with Gasteiger partial charge >= 0.3 is 0 Å². The van der Waals surface area contributed by atoms with Gasteiger partial charge in [-0.2, -0.15) is 0 Å². The standard InChI is InChI=1S/C21H33NO3/c1-4-16-24-21(14-8-6-7-9-15-21)20(23)22-18-10-12-19(13-11-18)25-17(3)5-2/h10-13,17H,4-9,14-16H2,1-3H3,(H,22,23). The van der Waals surface area contributed by atoms with Crippen LogP contribution in [0.25, 0.3) is 0 Å². The first-order chi connectivity index (χ1) is 12.1. The van der Waals surface area contributed by atoms with Crippen LogP contribution in [-0.2, 0) is 9.53 Å². The third-order valence-electron chi connectivity index (χ3n) is 4.93. The number of carbonyl (C=O) groups is 1. The van der Waals surface area contributed by atoms with Crippen LogP contribution in [0.3, 0.4) is 0 Å². The molecule has 4 heteroatoms. The molecule has 1 saturated carbocycles. The van der Waals surface area contributed by atoms with Crippen LogP contribution in [0.1, 0.15) is 72.1 Å². The van der Waals surface area contributed by atoms with Crippen LogP contribution in [0.4, 0.5) is 5.69 Å². The van der Waals surface area contributed by atoms with Crippen LogP contribution in [0.2, 0.25) is 0 Å².